The molecule has 1 aliphatic heterocycles. The molecule has 1 fully saturated rings. The van der Waals surface area contributed by atoms with E-state index in [0.29, 0.717) is 37.6 Å². The summed E-state index contributed by atoms with van der Waals surface area (Å²) in [6.07, 6.45) is 0.646. The summed E-state index contributed by atoms with van der Waals surface area (Å²) in [6, 6.07) is 10.2. The first-order valence-corrected chi connectivity index (χ1v) is 13.2. The molecule has 0 amide bonds. The minimum Gasteiger partial charge on any atom is -0.497 e. The van der Waals surface area contributed by atoms with Crippen LogP contribution in [0.1, 0.15) is 11.3 Å². The highest BCUT2D eigenvalue weighted by Gasteiger charge is 2.31. The Morgan fingerprint density at radius 2 is 1.67 bits per heavy atom. The number of halogens is 2. The Kier molecular flexibility index (Phi) is 7.35. The fraction of sp³-hybridized carbons (Fsp3) is 0.318. The SMILES string of the molecule is COc1cc(Cc2csc(N3CCN(S(=O)(=O)c4ccc(Cl)cc4Cl)CC3)n2)cc(OC)c1. The van der Waals surface area contributed by atoms with Gasteiger partial charge in [-0.05, 0) is 35.9 Å². The van der Waals surface area contributed by atoms with Gasteiger partial charge in [0.1, 0.15) is 16.4 Å². The first-order chi connectivity index (χ1) is 15.8. The lowest BCUT2D eigenvalue weighted by Gasteiger charge is -2.33. The van der Waals surface area contributed by atoms with Gasteiger partial charge in [0, 0.05) is 49.1 Å². The second kappa shape index (κ2) is 10.1. The van der Waals surface area contributed by atoms with Crippen LogP contribution < -0.4 is 14.4 Å². The predicted octanol–water partition coefficient (Wildman–Crippen LogP) is 4.57. The number of anilines is 1. The largest absolute Gasteiger partial charge is 0.497 e. The van der Waals surface area contributed by atoms with E-state index in [9.17, 15) is 8.42 Å². The molecule has 2 heterocycles. The lowest BCUT2D eigenvalue weighted by molar-refractivity contribution is 0.384. The molecular weight excluding hydrogens is 505 g/mol. The molecule has 0 radical (unpaired) electrons. The van der Waals surface area contributed by atoms with Crippen molar-refractivity contribution < 1.29 is 17.9 Å². The molecule has 0 bridgehead atoms. The Morgan fingerprint density at radius 3 is 2.27 bits per heavy atom. The third-order valence-corrected chi connectivity index (χ3v) is 8.92. The average molecular weight is 528 g/mol. The molecule has 11 heteroatoms. The number of benzene rings is 2. The molecule has 33 heavy (non-hydrogen) atoms. The number of sulfonamides is 1. The molecule has 1 aromatic heterocycles. The van der Waals surface area contributed by atoms with Crippen molar-refractivity contribution in [3.05, 3.63) is 63.1 Å². The molecule has 4 rings (SSSR count). The number of thiazole rings is 1. The zero-order valence-electron chi connectivity index (χ0n) is 18.1. The lowest BCUT2D eigenvalue weighted by atomic mass is 10.1. The van der Waals surface area contributed by atoms with Crippen LogP contribution in [0.25, 0.3) is 0 Å². The van der Waals surface area contributed by atoms with Crippen LogP contribution in [0.3, 0.4) is 0 Å². The molecule has 0 unspecified atom stereocenters. The summed E-state index contributed by atoms with van der Waals surface area (Å²) in [6.45, 7) is 1.79. The van der Waals surface area contributed by atoms with E-state index in [1.54, 1.807) is 25.6 Å². The molecule has 3 aromatic rings. The Morgan fingerprint density at radius 1 is 1.00 bits per heavy atom. The molecule has 0 spiro atoms. The number of hydrogen-bond acceptors (Lipinski definition) is 7. The third kappa shape index (κ3) is 5.38. The number of methoxy groups -OCH3 is 2. The van der Waals surface area contributed by atoms with Crippen molar-refractivity contribution >= 4 is 49.7 Å². The van der Waals surface area contributed by atoms with Gasteiger partial charge in [-0.15, -0.1) is 11.3 Å². The number of nitrogens with zero attached hydrogens (tertiary/aromatic N) is 3. The normalized spacial score (nSPS) is 15.0. The molecule has 0 atom stereocenters. The van der Waals surface area contributed by atoms with E-state index in [0.717, 1.165) is 27.9 Å². The first-order valence-electron chi connectivity index (χ1n) is 10.2. The van der Waals surface area contributed by atoms with Crippen LogP contribution in [-0.2, 0) is 16.4 Å². The van der Waals surface area contributed by atoms with Crippen LogP contribution in [0.15, 0.2) is 46.7 Å². The van der Waals surface area contributed by atoms with Gasteiger partial charge < -0.3 is 14.4 Å². The van der Waals surface area contributed by atoms with Gasteiger partial charge in [0.05, 0.1) is 24.9 Å². The van der Waals surface area contributed by atoms with Gasteiger partial charge >= 0.3 is 0 Å². The molecule has 0 saturated carbocycles. The van der Waals surface area contributed by atoms with Crippen molar-refractivity contribution in [2.24, 2.45) is 0 Å². The second-order valence-corrected chi connectivity index (χ2v) is 11.1. The maximum atomic E-state index is 13.0. The molecule has 2 aromatic carbocycles. The van der Waals surface area contributed by atoms with Crippen LogP contribution >= 0.6 is 34.5 Å². The van der Waals surface area contributed by atoms with Crippen molar-refractivity contribution in [1.82, 2.24) is 9.29 Å². The highest BCUT2D eigenvalue weighted by Crippen LogP contribution is 2.30. The average Bonchev–Trinajstić information content (AvgIpc) is 3.27. The summed E-state index contributed by atoms with van der Waals surface area (Å²) in [5, 5.41) is 3.43. The maximum absolute atomic E-state index is 13.0. The monoisotopic (exact) mass is 527 g/mol. The Balaban J connectivity index is 1.42. The number of ether oxygens (including phenoxy) is 2. The Hall–Kier alpha value is -2.04. The van der Waals surface area contributed by atoms with Gasteiger partial charge in [-0.1, -0.05) is 23.2 Å². The number of piperazine rings is 1. The molecule has 7 nitrogen and oxygen atoms in total. The van der Waals surface area contributed by atoms with Crippen LogP contribution in [-0.4, -0.2) is 58.1 Å². The van der Waals surface area contributed by atoms with E-state index >= 15 is 0 Å². The van der Waals surface area contributed by atoms with Crippen molar-refractivity contribution in [2.45, 2.75) is 11.3 Å². The fourth-order valence-electron chi connectivity index (χ4n) is 3.64. The minimum atomic E-state index is -3.69. The molecule has 0 N–H and O–H groups in total. The van der Waals surface area contributed by atoms with Crippen LogP contribution in [0, 0.1) is 0 Å². The number of hydrogen-bond donors (Lipinski definition) is 0. The summed E-state index contributed by atoms with van der Waals surface area (Å²) < 4.78 is 38.2. The summed E-state index contributed by atoms with van der Waals surface area (Å²) in [7, 11) is -0.438. The van der Waals surface area contributed by atoms with E-state index in [2.05, 4.69) is 4.90 Å². The standard InChI is InChI=1S/C22H23Cl2N3O4S2/c1-30-18-10-15(11-19(13-18)31-2)9-17-14-32-22(25-17)26-5-7-27(8-6-26)33(28,29)21-4-3-16(23)12-20(21)24/h3-4,10-14H,5-9H2,1-2H3. The minimum absolute atomic E-state index is 0.0762. The van der Waals surface area contributed by atoms with Gasteiger partial charge in [0.2, 0.25) is 10.0 Å². The van der Waals surface area contributed by atoms with Crippen LogP contribution in [0.4, 0.5) is 5.13 Å². The zero-order valence-corrected chi connectivity index (χ0v) is 21.3. The summed E-state index contributed by atoms with van der Waals surface area (Å²) in [5.41, 5.74) is 1.98. The van der Waals surface area contributed by atoms with Crippen molar-refractivity contribution in [3.63, 3.8) is 0 Å². The number of rotatable bonds is 7. The van der Waals surface area contributed by atoms with Gasteiger partial charge in [0.25, 0.3) is 0 Å². The summed E-state index contributed by atoms with van der Waals surface area (Å²) >= 11 is 13.6. The summed E-state index contributed by atoms with van der Waals surface area (Å²) in [5.74, 6) is 1.47. The lowest BCUT2D eigenvalue weighted by Crippen LogP contribution is -2.48. The molecule has 176 valence electrons. The Bertz CT molecular complexity index is 1220. The molecular formula is C22H23Cl2N3O4S2. The topological polar surface area (TPSA) is 72.0 Å². The highest BCUT2D eigenvalue weighted by atomic mass is 35.5. The van der Waals surface area contributed by atoms with Crippen molar-refractivity contribution in [2.75, 3.05) is 45.3 Å². The quantitative estimate of drug-likeness (QED) is 0.448. The smallest absolute Gasteiger partial charge is 0.244 e. The van der Waals surface area contributed by atoms with E-state index in [1.807, 2.05) is 23.6 Å². The van der Waals surface area contributed by atoms with Crippen LogP contribution in [0.2, 0.25) is 10.0 Å². The van der Waals surface area contributed by atoms with E-state index in [-0.39, 0.29) is 9.92 Å². The van der Waals surface area contributed by atoms with Crippen LogP contribution in [0.5, 0.6) is 11.5 Å². The van der Waals surface area contributed by atoms with Gasteiger partial charge in [-0.25, -0.2) is 13.4 Å². The third-order valence-electron chi connectivity index (χ3n) is 5.36. The number of aromatic nitrogens is 1. The van der Waals surface area contributed by atoms with Gasteiger partial charge in [-0.2, -0.15) is 4.31 Å². The van der Waals surface area contributed by atoms with E-state index < -0.39 is 10.0 Å². The van der Waals surface area contributed by atoms with Crippen molar-refractivity contribution in [3.8, 4) is 11.5 Å². The molecule has 1 aliphatic rings. The predicted molar refractivity (Wildman–Crippen MR) is 132 cm³/mol. The van der Waals surface area contributed by atoms with E-state index in [1.165, 1.54) is 22.5 Å². The molecule has 0 aliphatic carbocycles. The Labute approximate surface area is 207 Å². The first kappa shape index (κ1) is 24.1. The highest BCUT2D eigenvalue weighted by molar-refractivity contribution is 7.89. The maximum Gasteiger partial charge on any atom is 0.244 e. The molecule has 1 saturated heterocycles. The van der Waals surface area contributed by atoms with Crippen molar-refractivity contribution in [1.29, 1.82) is 0 Å². The fourth-order valence-corrected chi connectivity index (χ4v) is 6.69. The zero-order chi connectivity index (χ0) is 23.6. The van der Waals surface area contributed by atoms with Gasteiger partial charge in [-0.3, -0.25) is 0 Å². The second-order valence-electron chi connectivity index (χ2n) is 7.48. The summed E-state index contributed by atoms with van der Waals surface area (Å²) in [4.78, 5) is 6.95. The van der Waals surface area contributed by atoms with E-state index in [4.69, 9.17) is 37.7 Å². The van der Waals surface area contributed by atoms with Gasteiger partial charge in [0.15, 0.2) is 5.13 Å².